The molecule has 0 unspecified atom stereocenters. The van der Waals surface area contributed by atoms with Gasteiger partial charge in [-0.05, 0) is 18.8 Å². The molecule has 0 atom stereocenters. The van der Waals surface area contributed by atoms with Gasteiger partial charge in [0.25, 0.3) is 5.91 Å². The molecule has 98 valence electrons. The molecule has 5 heteroatoms. The van der Waals surface area contributed by atoms with E-state index in [-0.39, 0.29) is 5.91 Å². The van der Waals surface area contributed by atoms with Crippen molar-refractivity contribution < 1.29 is 4.79 Å². The molecule has 2 heterocycles. The molecule has 1 saturated heterocycles. The zero-order valence-corrected chi connectivity index (χ0v) is 10.8. The van der Waals surface area contributed by atoms with E-state index < -0.39 is 0 Å². The second kappa shape index (κ2) is 5.80. The predicted molar refractivity (Wildman–Crippen MR) is 70.0 cm³/mol. The molecule has 0 spiro atoms. The van der Waals surface area contributed by atoms with Crippen LogP contribution in [0, 0.1) is 5.92 Å². The van der Waals surface area contributed by atoms with Crippen LogP contribution in [0.3, 0.4) is 0 Å². The van der Waals surface area contributed by atoms with E-state index in [4.69, 9.17) is 5.73 Å². The van der Waals surface area contributed by atoms with E-state index >= 15 is 0 Å². The van der Waals surface area contributed by atoms with Crippen LogP contribution in [-0.4, -0.2) is 33.9 Å². The molecule has 1 aromatic heterocycles. The summed E-state index contributed by atoms with van der Waals surface area (Å²) in [5.41, 5.74) is 5.89. The number of aromatic nitrogens is 2. The van der Waals surface area contributed by atoms with Crippen molar-refractivity contribution in [3.05, 3.63) is 18.1 Å². The summed E-state index contributed by atoms with van der Waals surface area (Å²) >= 11 is 0. The lowest BCUT2D eigenvalue weighted by atomic mass is 9.92. The molecule has 2 N–H and O–H groups in total. The minimum atomic E-state index is -0.0512. The predicted octanol–water partition coefficient (Wildman–Crippen LogP) is 1.71. The quantitative estimate of drug-likeness (QED) is 0.884. The highest BCUT2D eigenvalue weighted by molar-refractivity contribution is 5.92. The number of hydrogen-bond acceptors (Lipinski definition) is 4. The number of nitrogens with two attached hydrogens (primary N) is 1. The molecular formula is C13H20N4O. The van der Waals surface area contributed by atoms with E-state index in [1.807, 2.05) is 4.90 Å². The molecule has 1 aromatic rings. The van der Waals surface area contributed by atoms with Gasteiger partial charge in [0, 0.05) is 13.1 Å². The lowest BCUT2D eigenvalue weighted by Crippen LogP contribution is -2.38. The molecule has 1 aliphatic heterocycles. The monoisotopic (exact) mass is 248 g/mol. The van der Waals surface area contributed by atoms with Crippen molar-refractivity contribution in [2.45, 2.75) is 32.6 Å². The average Bonchev–Trinajstić information content (AvgIpc) is 2.39. The van der Waals surface area contributed by atoms with Crippen molar-refractivity contribution in [3.8, 4) is 0 Å². The highest BCUT2D eigenvalue weighted by atomic mass is 16.2. The molecule has 1 amide bonds. The Morgan fingerprint density at radius 1 is 1.44 bits per heavy atom. The van der Waals surface area contributed by atoms with Crippen LogP contribution in [0.5, 0.6) is 0 Å². The van der Waals surface area contributed by atoms with Gasteiger partial charge in [0.1, 0.15) is 11.5 Å². The minimum Gasteiger partial charge on any atom is -0.382 e. The van der Waals surface area contributed by atoms with Gasteiger partial charge in [-0.3, -0.25) is 9.78 Å². The summed E-state index contributed by atoms with van der Waals surface area (Å²) in [5, 5.41) is 0. The molecule has 0 bridgehead atoms. The molecular weight excluding hydrogens is 228 g/mol. The zero-order valence-electron chi connectivity index (χ0n) is 10.8. The molecule has 1 aliphatic rings. The maximum Gasteiger partial charge on any atom is 0.274 e. The van der Waals surface area contributed by atoms with Crippen LogP contribution in [0.4, 0.5) is 5.82 Å². The third kappa shape index (κ3) is 2.97. The Balaban J connectivity index is 1.95. The van der Waals surface area contributed by atoms with Crippen molar-refractivity contribution in [2.75, 3.05) is 18.8 Å². The maximum atomic E-state index is 12.2. The Morgan fingerprint density at radius 3 is 2.78 bits per heavy atom. The Morgan fingerprint density at radius 2 is 2.17 bits per heavy atom. The van der Waals surface area contributed by atoms with Gasteiger partial charge in [-0.1, -0.05) is 19.8 Å². The first kappa shape index (κ1) is 12.8. The summed E-state index contributed by atoms with van der Waals surface area (Å²) in [5.74, 6) is 1.01. The Kier molecular flexibility index (Phi) is 4.12. The molecule has 0 radical (unpaired) electrons. The number of rotatable bonds is 3. The highest BCUT2D eigenvalue weighted by Gasteiger charge is 2.24. The summed E-state index contributed by atoms with van der Waals surface area (Å²) < 4.78 is 0. The fourth-order valence-electron chi connectivity index (χ4n) is 2.48. The first-order valence-electron chi connectivity index (χ1n) is 6.57. The van der Waals surface area contributed by atoms with Crippen molar-refractivity contribution in [2.24, 2.45) is 5.92 Å². The Hall–Kier alpha value is -1.65. The molecule has 18 heavy (non-hydrogen) atoms. The topological polar surface area (TPSA) is 72.1 Å². The van der Waals surface area contributed by atoms with Crippen LogP contribution in [0.2, 0.25) is 0 Å². The number of anilines is 1. The van der Waals surface area contributed by atoms with Crippen LogP contribution in [0.1, 0.15) is 43.1 Å². The van der Waals surface area contributed by atoms with E-state index in [1.54, 1.807) is 0 Å². The molecule has 2 rings (SSSR count). The van der Waals surface area contributed by atoms with E-state index in [9.17, 15) is 4.79 Å². The molecule has 1 fully saturated rings. The third-order valence-corrected chi connectivity index (χ3v) is 3.47. The van der Waals surface area contributed by atoms with E-state index in [0.717, 1.165) is 31.8 Å². The molecule has 0 aliphatic carbocycles. The van der Waals surface area contributed by atoms with E-state index in [2.05, 4.69) is 16.9 Å². The number of hydrogen-bond donors (Lipinski definition) is 1. The van der Waals surface area contributed by atoms with Gasteiger partial charge in [0.05, 0.1) is 12.4 Å². The van der Waals surface area contributed by atoms with Gasteiger partial charge in [-0.15, -0.1) is 0 Å². The smallest absolute Gasteiger partial charge is 0.274 e. The standard InChI is InChI=1S/C13H20N4O/c1-2-3-10-4-6-17(7-5-10)13(18)11-8-15-9-12(14)16-11/h8-10H,2-7H2,1H3,(H2,14,16). The SMILES string of the molecule is CCCC1CCN(C(=O)c2cncc(N)n2)CC1. The number of carbonyl (C=O) groups is 1. The summed E-state index contributed by atoms with van der Waals surface area (Å²) in [4.78, 5) is 22.0. The van der Waals surface area contributed by atoms with Crippen molar-refractivity contribution >= 4 is 11.7 Å². The lowest BCUT2D eigenvalue weighted by molar-refractivity contribution is 0.0680. The highest BCUT2D eigenvalue weighted by Crippen LogP contribution is 2.22. The average molecular weight is 248 g/mol. The normalized spacial score (nSPS) is 16.8. The Bertz CT molecular complexity index is 413. The number of carbonyl (C=O) groups excluding carboxylic acids is 1. The summed E-state index contributed by atoms with van der Waals surface area (Å²) in [6, 6.07) is 0. The summed E-state index contributed by atoms with van der Waals surface area (Å²) in [6.45, 7) is 3.85. The van der Waals surface area contributed by atoms with Crippen LogP contribution < -0.4 is 5.73 Å². The second-order valence-electron chi connectivity index (χ2n) is 4.85. The van der Waals surface area contributed by atoms with Crippen LogP contribution in [-0.2, 0) is 0 Å². The summed E-state index contributed by atoms with van der Waals surface area (Å²) in [6.07, 6.45) is 7.60. The van der Waals surface area contributed by atoms with Crippen LogP contribution in [0.25, 0.3) is 0 Å². The Labute approximate surface area is 107 Å². The van der Waals surface area contributed by atoms with Gasteiger partial charge >= 0.3 is 0 Å². The van der Waals surface area contributed by atoms with Gasteiger partial charge in [0.15, 0.2) is 0 Å². The van der Waals surface area contributed by atoms with Gasteiger partial charge in [-0.25, -0.2) is 4.98 Å². The number of nitrogen functional groups attached to an aromatic ring is 1. The fourth-order valence-corrected chi connectivity index (χ4v) is 2.48. The van der Waals surface area contributed by atoms with E-state index in [0.29, 0.717) is 11.5 Å². The fraction of sp³-hybridized carbons (Fsp3) is 0.615. The molecule has 0 saturated carbocycles. The number of amides is 1. The second-order valence-corrected chi connectivity index (χ2v) is 4.85. The zero-order chi connectivity index (χ0) is 13.0. The minimum absolute atomic E-state index is 0.0512. The molecule has 0 aromatic carbocycles. The first-order chi connectivity index (χ1) is 8.70. The lowest BCUT2D eigenvalue weighted by Gasteiger charge is -2.31. The van der Waals surface area contributed by atoms with Crippen LogP contribution >= 0.6 is 0 Å². The largest absolute Gasteiger partial charge is 0.382 e. The van der Waals surface area contributed by atoms with Crippen molar-refractivity contribution in [1.29, 1.82) is 0 Å². The number of nitrogens with zero attached hydrogens (tertiary/aromatic N) is 3. The molecule has 5 nitrogen and oxygen atoms in total. The first-order valence-corrected chi connectivity index (χ1v) is 6.57. The van der Waals surface area contributed by atoms with Gasteiger partial charge < -0.3 is 10.6 Å². The number of likely N-dealkylation sites (tertiary alicyclic amines) is 1. The maximum absolute atomic E-state index is 12.2. The van der Waals surface area contributed by atoms with Crippen molar-refractivity contribution in [1.82, 2.24) is 14.9 Å². The van der Waals surface area contributed by atoms with Gasteiger partial charge in [-0.2, -0.15) is 0 Å². The van der Waals surface area contributed by atoms with E-state index in [1.165, 1.54) is 25.2 Å². The summed E-state index contributed by atoms with van der Waals surface area (Å²) in [7, 11) is 0. The van der Waals surface area contributed by atoms with Crippen LogP contribution in [0.15, 0.2) is 12.4 Å². The van der Waals surface area contributed by atoms with Gasteiger partial charge in [0.2, 0.25) is 0 Å². The van der Waals surface area contributed by atoms with Crippen molar-refractivity contribution in [3.63, 3.8) is 0 Å². The third-order valence-electron chi connectivity index (χ3n) is 3.47. The number of piperidine rings is 1.